The van der Waals surface area contributed by atoms with E-state index in [9.17, 15) is 14.9 Å². The number of methoxy groups -OCH3 is 1. The van der Waals surface area contributed by atoms with Crippen LogP contribution in [0.3, 0.4) is 0 Å². The Labute approximate surface area is 156 Å². The predicted molar refractivity (Wildman–Crippen MR) is 102 cm³/mol. The van der Waals surface area contributed by atoms with Crippen LogP contribution < -0.4 is 15.4 Å². The van der Waals surface area contributed by atoms with Gasteiger partial charge < -0.3 is 15.4 Å². The largest absolute Gasteiger partial charge is 0.495 e. The maximum atomic E-state index is 12.2. The van der Waals surface area contributed by atoms with Gasteiger partial charge >= 0.3 is 0 Å². The van der Waals surface area contributed by atoms with Crippen LogP contribution in [-0.4, -0.2) is 24.5 Å². The fourth-order valence-electron chi connectivity index (χ4n) is 2.39. The number of amides is 1. The molecule has 0 fully saturated rings. The van der Waals surface area contributed by atoms with Crippen LogP contribution in [0.1, 0.15) is 16.7 Å². The number of nitrogens with zero attached hydrogens (tertiary/aromatic N) is 1. The Morgan fingerprint density at radius 2 is 1.73 bits per heavy atom. The first-order valence-corrected chi connectivity index (χ1v) is 8.24. The van der Waals surface area contributed by atoms with E-state index in [4.69, 9.17) is 16.3 Å². The maximum Gasteiger partial charge on any atom is 0.293 e. The molecule has 138 valence electrons. The van der Waals surface area contributed by atoms with Gasteiger partial charge in [-0.3, -0.25) is 14.9 Å². The monoisotopic (exact) mass is 377 g/mol. The second-order valence-corrected chi connectivity index (χ2v) is 6.32. The highest BCUT2D eigenvalue weighted by molar-refractivity contribution is 6.31. The first-order valence-electron chi connectivity index (χ1n) is 7.86. The smallest absolute Gasteiger partial charge is 0.293 e. The van der Waals surface area contributed by atoms with Crippen LogP contribution in [0, 0.1) is 30.9 Å². The molecule has 0 radical (unpaired) electrons. The molecular weight excluding hydrogens is 358 g/mol. The van der Waals surface area contributed by atoms with Crippen molar-refractivity contribution in [2.45, 2.75) is 20.8 Å². The Hall–Kier alpha value is -2.80. The summed E-state index contributed by atoms with van der Waals surface area (Å²) < 4.78 is 5.24. The summed E-state index contributed by atoms with van der Waals surface area (Å²) in [7, 11) is 1.50. The molecule has 0 bridgehead atoms. The number of hydrogen-bond acceptors (Lipinski definition) is 5. The van der Waals surface area contributed by atoms with Crippen LogP contribution in [0.2, 0.25) is 5.02 Å². The molecule has 8 heteroatoms. The first-order chi connectivity index (χ1) is 12.2. The van der Waals surface area contributed by atoms with Gasteiger partial charge in [-0.25, -0.2) is 0 Å². The highest BCUT2D eigenvalue weighted by atomic mass is 35.5. The van der Waals surface area contributed by atoms with Crippen molar-refractivity contribution in [2.75, 3.05) is 24.3 Å². The third-order valence-electron chi connectivity index (χ3n) is 4.00. The summed E-state index contributed by atoms with van der Waals surface area (Å²) in [5.74, 6) is 0.0940. The van der Waals surface area contributed by atoms with Gasteiger partial charge in [-0.1, -0.05) is 11.6 Å². The molecule has 2 aromatic rings. The zero-order valence-electron chi connectivity index (χ0n) is 15.0. The van der Waals surface area contributed by atoms with Crippen molar-refractivity contribution in [3.05, 3.63) is 56.1 Å². The molecular formula is C18H20ClN3O4. The van der Waals surface area contributed by atoms with Gasteiger partial charge in [-0.2, -0.15) is 0 Å². The van der Waals surface area contributed by atoms with Gasteiger partial charge in [0.25, 0.3) is 5.69 Å². The minimum absolute atomic E-state index is 0.0818. The SMILES string of the molecule is COc1cc(Cl)c(C)cc1NCC(=O)Nc1cc(C)c(C)cc1[N+](=O)[O-]. The molecule has 0 unspecified atom stereocenters. The summed E-state index contributed by atoms with van der Waals surface area (Å²) >= 11 is 6.06. The molecule has 0 saturated heterocycles. The Morgan fingerprint density at radius 1 is 1.12 bits per heavy atom. The number of rotatable bonds is 6. The van der Waals surface area contributed by atoms with Crippen molar-refractivity contribution in [3.63, 3.8) is 0 Å². The lowest BCUT2D eigenvalue weighted by Gasteiger charge is -2.13. The summed E-state index contributed by atoms with van der Waals surface area (Å²) in [6.45, 7) is 5.37. The van der Waals surface area contributed by atoms with Gasteiger partial charge in [0.1, 0.15) is 11.4 Å². The van der Waals surface area contributed by atoms with Crippen molar-refractivity contribution in [1.29, 1.82) is 0 Å². The standard InChI is InChI=1S/C18H20ClN3O4/c1-10-5-14(16(22(24)25)7-11(10)2)21-18(23)9-20-15-6-12(3)13(19)8-17(15)26-4/h5-8,20H,9H2,1-4H3,(H,21,23). The summed E-state index contributed by atoms with van der Waals surface area (Å²) in [6, 6.07) is 6.47. The van der Waals surface area contributed by atoms with Gasteiger partial charge in [0, 0.05) is 17.2 Å². The molecule has 2 aromatic carbocycles. The van der Waals surface area contributed by atoms with E-state index >= 15 is 0 Å². The topological polar surface area (TPSA) is 93.5 Å². The molecule has 0 saturated carbocycles. The summed E-state index contributed by atoms with van der Waals surface area (Å²) in [5, 5.41) is 17.3. The van der Waals surface area contributed by atoms with Crippen LogP contribution >= 0.6 is 11.6 Å². The third kappa shape index (κ3) is 4.43. The molecule has 26 heavy (non-hydrogen) atoms. The van der Waals surface area contributed by atoms with Crippen molar-refractivity contribution < 1.29 is 14.5 Å². The Balaban J connectivity index is 2.14. The lowest BCUT2D eigenvalue weighted by atomic mass is 10.1. The van der Waals surface area contributed by atoms with Crippen LogP contribution in [0.4, 0.5) is 17.1 Å². The fourth-order valence-corrected chi connectivity index (χ4v) is 2.55. The molecule has 0 aliphatic carbocycles. The minimum atomic E-state index is -0.513. The van der Waals surface area contributed by atoms with Gasteiger partial charge in [0.05, 0.1) is 24.3 Å². The van der Waals surface area contributed by atoms with E-state index < -0.39 is 10.8 Å². The number of benzene rings is 2. The lowest BCUT2D eigenvalue weighted by molar-refractivity contribution is -0.384. The van der Waals surface area contributed by atoms with E-state index in [-0.39, 0.29) is 17.9 Å². The zero-order valence-corrected chi connectivity index (χ0v) is 15.7. The number of hydrogen-bond donors (Lipinski definition) is 2. The number of carbonyl (C=O) groups is 1. The molecule has 2 N–H and O–H groups in total. The van der Waals surface area contributed by atoms with Crippen molar-refractivity contribution >= 4 is 34.6 Å². The van der Waals surface area contributed by atoms with Gasteiger partial charge in [0.15, 0.2) is 0 Å². The van der Waals surface area contributed by atoms with E-state index in [1.165, 1.54) is 13.2 Å². The van der Waals surface area contributed by atoms with Crippen LogP contribution in [-0.2, 0) is 4.79 Å². The normalized spacial score (nSPS) is 10.3. The molecule has 0 aromatic heterocycles. The summed E-state index contributed by atoms with van der Waals surface area (Å²) in [4.78, 5) is 22.9. The molecule has 0 heterocycles. The average Bonchev–Trinajstić information content (AvgIpc) is 2.58. The van der Waals surface area contributed by atoms with Crippen LogP contribution in [0.25, 0.3) is 0 Å². The Bertz CT molecular complexity index is 868. The predicted octanol–water partition coefficient (Wildman–Crippen LogP) is 4.23. The van der Waals surface area contributed by atoms with Gasteiger partial charge in [0.2, 0.25) is 5.91 Å². The second kappa shape index (κ2) is 8.05. The number of ether oxygens (including phenoxy) is 1. The molecule has 2 rings (SSSR count). The van der Waals surface area contributed by atoms with E-state index in [0.717, 1.165) is 16.7 Å². The first kappa shape index (κ1) is 19.5. The fraction of sp³-hybridized carbons (Fsp3) is 0.278. The molecule has 0 spiro atoms. The van der Waals surface area contributed by atoms with Crippen LogP contribution in [0.15, 0.2) is 24.3 Å². The number of nitrogens with one attached hydrogen (secondary N) is 2. The van der Waals surface area contributed by atoms with Crippen molar-refractivity contribution in [3.8, 4) is 5.75 Å². The second-order valence-electron chi connectivity index (χ2n) is 5.91. The molecule has 7 nitrogen and oxygen atoms in total. The van der Waals surface area contributed by atoms with Crippen molar-refractivity contribution in [1.82, 2.24) is 0 Å². The third-order valence-corrected chi connectivity index (χ3v) is 4.41. The van der Waals surface area contributed by atoms with Gasteiger partial charge in [-0.05, 0) is 49.6 Å². The highest BCUT2D eigenvalue weighted by Crippen LogP contribution is 2.31. The van der Waals surface area contributed by atoms with E-state index in [1.54, 1.807) is 25.1 Å². The zero-order chi connectivity index (χ0) is 19.4. The highest BCUT2D eigenvalue weighted by Gasteiger charge is 2.18. The number of anilines is 2. The van der Waals surface area contributed by atoms with E-state index in [0.29, 0.717) is 16.5 Å². The number of halogens is 1. The molecule has 0 aliphatic heterocycles. The van der Waals surface area contributed by atoms with Gasteiger partial charge in [-0.15, -0.1) is 0 Å². The molecule has 1 amide bonds. The maximum absolute atomic E-state index is 12.2. The number of carbonyl (C=O) groups excluding carboxylic acids is 1. The van der Waals surface area contributed by atoms with Crippen LogP contribution in [0.5, 0.6) is 5.75 Å². The van der Waals surface area contributed by atoms with E-state index in [1.807, 2.05) is 13.8 Å². The Kier molecular flexibility index (Phi) is 6.05. The lowest BCUT2D eigenvalue weighted by Crippen LogP contribution is -2.22. The quantitative estimate of drug-likeness (QED) is 0.580. The molecule has 0 aliphatic rings. The summed E-state index contributed by atoms with van der Waals surface area (Å²) in [5.41, 5.74) is 3.12. The summed E-state index contributed by atoms with van der Waals surface area (Å²) in [6.07, 6.45) is 0. The van der Waals surface area contributed by atoms with Crippen molar-refractivity contribution in [2.24, 2.45) is 0 Å². The van der Waals surface area contributed by atoms with E-state index in [2.05, 4.69) is 10.6 Å². The number of aryl methyl sites for hydroxylation is 3. The minimum Gasteiger partial charge on any atom is -0.495 e. The number of nitro groups is 1. The average molecular weight is 378 g/mol. The molecule has 0 atom stereocenters. The number of nitro benzene ring substituents is 1. The Morgan fingerprint density at radius 3 is 2.35 bits per heavy atom.